The van der Waals surface area contributed by atoms with Gasteiger partial charge in [-0.15, -0.1) is 0 Å². The van der Waals surface area contributed by atoms with Gasteiger partial charge in [0.1, 0.15) is 0 Å². The lowest BCUT2D eigenvalue weighted by Crippen LogP contribution is -2.33. The van der Waals surface area contributed by atoms with Crippen LogP contribution in [0.25, 0.3) is 0 Å². The second-order valence-corrected chi connectivity index (χ2v) is 4.90. The summed E-state index contributed by atoms with van der Waals surface area (Å²) in [6.45, 7) is 3.65. The Morgan fingerprint density at radius 2 is 1.73 bits per heavy atom. The second-order valence-electron chi connectivity index (χ2n) is 4.90. The van der Waals surface area contributed by atoms with Gasteiger partial charge >= 0.3 is 5.97 Å². The molecule has 1 aliphatic carbocycles. The lowest BCUT2D eigenvalue weighted by molar-refractivity contribution is -0.149. The van der Waals surface area contributed by atoms with Gasteiger partial charge in [-0.05, 0) is 43.7 Å². The Hall–Kier alpha value is -1.31. The quantitative estimate of drug-likeness (QED) is 0.803. The topological polar surface area (TPSA) is 37.3 Å². The first kappa shape index (κ1) is 10.2. The Morgan fingerprint density at radius 3 is 2.13 bits per heavy atom. The van der Waals surface area contributed by atoms with Gasteiger partial charge in [0.2, 0.25) is 0 Å². The largest absolute Gasteiger partial charge is 0.481 e. The molecular formula is C13H16O2. The summed E-state index contributed by atoms with van der Waals surface area (Å²) in [7, 11) is 0. The molecule has 0 aromatic heterocycles. The zero-order valence-electron chi connectivity index (χ0n) is 9.16. The highest BCUT2D eigenvalue weighted by Crippen LogP contribution is 2.38. The van der Waals surface area contributed by atoms with E-state index in [4.69, 9.17) is 0 Å². The minimum Gasteiger partial charge on any atom is -0.481 e. The summed E-state index contributed by atoms with van der Waals surface area (Å²) in [5, 5.41) is 9.18. The number of hydrogen-bond acceptors (Lipinski definition) is 1. The molecule has 0 saturated heterocycles. The Bertz CT molecular complexity index is 368. The van der Waals surface area contributed by atoms with E-state index in [1.165, 1.54) is 11.1 Å². The van der Waals surface area contributed by atoms with Crippen LogP contribution in [-0.2, 0) is 17.6 Å². The van der Waals surface area contributed by atoms with E-state index in [9.17, 15) is 9.90 Å². The van der Waals surface area contributed by atoms with Gasteiger partial charge < -0.3 is 5.11 Å². The Balaban J connectivity index is 2.24. The summed E-state index contributed by atoms with van der Waals surface area (Å²) in [5.41, 5.74) is 2.01. The third kappa shape index (κ3) is 1.65. The normalized spacial score (nSPS) is 16.4. The maximum Gasteiger partial charge on any atom is 0.309 e. The van der Waals surface area contributed by atoms with Gasteiger partial charge in [-0.25, -0.2) is 0 Å². The van der Waals surface area contributed by atoms with Crippen LogP contribution in [0.5, 0.6) is 0 Å². The third-order valence-corrected chi connectivity index (χ3v) is 3.62. The Labute approximate surface area is 89.9 Å². The maximum absolute atomic E-state index is 11.2. The van der Waals surface area contributed by atoms with Crippen molar-refractivity contribution < 1.29 is 9.90 Å². The van der Waals surface area contributed by atoms with Crippen LogP contribution in [0.2, 0.25) is 0 Å². The standard InChI is InChI=1S/C13H16O2/c1-13(2,12(14)15)11-7-9-5-3-4-6-10(9)8-11/h3-6,11H,7-8H2,1-2H3,(H,14,15). The molecule has 80 valence electrons. The smallest absolute Gasteiger partial charge is 0.309 e. The van der Waals surface area contributed by atoms with Crippen LogP contribution in [-0.4, -0.2) is 11.1 Å². The first-order valence-electron chi connectivity index (χ1n) is 5.32. The molecule has 0 saturated carbocycles. The monoisotopic (exact) mass is 204 g/mol. The minimum absolute atomic E-state index is 0.229. The van der Waals surface area contributed by atoms with Crippen molar-refractivity contribution in [3.63, 3.8) is 0 Å². The Kier molecular flexibility index (Phi) is 2.29. The average Bonchev–Trinajstić information content (AvgIpc) is 2.61. The van der Waals surface area contributed by atoms with Crippen molar-refractivity contribution in [2.75, 3.05) is 0 Å². The number of rotatable bonds is 2. The van der Waals surface area contributed by atoms with Crippen molar-refractivity contribution in [3.05, 3.63) is 35.4 Å². The number of aliphatic carboxylic acids is 1. The van der Waals surface area contributed by atoms with E-state index in [2.05, 4.69) is 12.1 Å². The van der Waals surface area contributed by atoms with Gasteiger partial charge in [0.25, 0.3) is 0 Å². The summed E-state index contributed by atoms with van der Waals surface area (Å²) in [6.07, 6.45) is 1.80. The zero-order valence-corrected chi connectivity index (χ0v) is 9.16. The predicted octanol–water partition coefficient (Wildman–Crippen LogP) is 2.51. The van der Waals surface area contributed by atoms with Gasteiger partial charge in [0.15, 0.2) is 0 Å². The van der Waals surface area contributed by atoms with E-state index in [1.807, 2.05) is 26.0 Å². The molecule has 0 unspecified atom stereocenters. The van der Waals surface area contributed by atoms with Gasteiger partial charge in [0, 0.05) is 0 Å². The molecule has 1 N–H and O–H groups in total. The maximum atomic E-state index is 11.2. The van der Waals surface area contributed by atoms with Gasteiger partial charge in [-0.1, -0.05) is 24.3 Å². The number of benzene rings is 1. The van der Waals surface area contributed by atoms with Crippen LogP contribution in [0.15, 0.2) is 24.3 Å². The van der Waals surface area contributed by atoms with Crippen molar-refractivity contribution in [1.82, 2.24) is 0 Å². The lowest BCUT2D eigenvalue weighted by atomic mass is 9.77. The van der Waals surface area contributed by atoms with Gasteiger partial charge in [-0.2, -0.15) is 0 Å². The molecule has 0 amide bonds. The average molecular weight is 204 g/mol. The van der Waals surface area contributed by atoms with Crippen molar-refractivity contribution in [2.24, 2.45) is 11.3 Å². The molecule has 0 bridgehead atoms. The van der Waals surface area contributed by atoms with Crippen LogP contribution in [0, 0.1) is 11.3 Å². The summed E-state index contributed by atoms with van der Waals surface area (Å²) in [6, 6.07) is 8.25. The van der Waals surface area contributed by atoms with E-state index >= 15 is 0 Å². The molecule has 15 heavy (non-hydrogen) atoms. The first-order valence-corrected chi connectivity index (χ1v) is 5.32. The molecule has 2 heteroatoms. The zero-order chi connectivity index (χ0) is 11.1. The molecule has 0 fully saturated rings. The molecule has 0 heterocycles. The fourth-order valence-electron chi connectivity index (χ4n) is 2.24. The first-order chi connectivity index (χ1) is 7.01. The van der Waals surface area contributed by atoms with E-state index in [-0.39, 0.29) is 5.92 Å². The minimum atomic E-state index is -0.694. The van der Waals surface area contributed by atoms with Gasteiger partial charge in [0.05, 0.1) is 5.41 Å². The fraction of sp³-hybridized carbons (Fsp3) is 0.462. The second kappa shape index (κ2) is 3.37. The van der Waals surface area contributed by atoms with Crippen LogP contribution in [0.1, 0.15) is 25.0 Å². The van der Waals surface area contributed by atoms with Crippen molar-refractivity contribution in [1.29, 1.82) is 0 Å². The summed E-state index contributed by atoms with van der Waals surface area (Å²) in [5.74, 6) is -0.465. The highest BCUT2D eigenvalue weighted by Gasteiger charge is 2.39. The van der Waals surface area contributed by atoms with Crippen LogP contribution in [0.3, 0.4) is 0 Å². The number of carbonyl (C=O) groups is 1. The molecule has 1 aromatic rings. The highest BCUT2D eigenvalue weighted by atomic mass is 16.4. The molecule has 0 spiro atoms. The summed E-state index contributed by atoms with van der Waals surface area (Å²) >= 11 is 0. The lowest BCUT2D eigenvalue weighted by Gasteiger charge is -2.26. The third-order valence-electron chi connectivity index (χ3n) is 3.62. The Morgan fingerprint density at radius 1 is 1.27 bits per heavy atom. The molecule has 1 aliphatic rings. The molecular weight excluding hydrogens is 188 g/mol. The fourth-order valence-corrected chi connectivity index (χ4v) is 2.24. The number of carboxylic acid groups (broad SMARTS) is 1. The SMILES string of the molecule is CC(C)(C(=O)O)C1Cc2ccccc2C1. The van der Waals surface area contributed by atoms with E-state index in [0.29, 0.717) is 0 Å². The van der Waals surface area contributed by atoms with Crippen LogP contribution in [0.4, 0.5) is 0 Å². The van der Waals surface area contributed by atoms with E-state index < -0.39 is 11.4 Å². The molecule has 2 rings (SSSR count). The van der Waals surface area contributed by atoms with Gasteiger partial charge in [-0.3, -0.25) is 4.79 Å². The van der Waals surface area contributed by atoms with Crippen molar-refractivity contribution in [3.8, 4) is 0 Å². The summed E-state index contributed by atoms with van der Waals surface area (Å²) in [4.78, 5) is 11.2. The molecule has 0 aliphatic heterocycles. The predicted molar refractivity (Wildman–Crippen MR) is 58.8 cm³/mol. The van der Waals surface area contributed by atoms with E-state index in [0.717, 1.165) is 12.8 Å². The highest BCUT2D eigenvalue weighted by molar-refractivity contribution is 5.74. The number of fused-ring (bicyclic) bond motifs is 1. The van der Waals surface area contributed by atoms with Crippen molar-refractivity contribution in [2.45, 2.75) is 26.7 Å². The number of carboxylic acids is 1. The molecule has 0 atom stereocenters. The number of hydrogen-bond donors (Lipinski definition) is 1. The van der Waals surface area contributed by atoms with Crippen LogP contribution >= 0.6 is 0 Å². The molecule has 0 radical (unpaired) electrons. The molecule has 1 aromatic carbocycles. The van der Waals surface area contributed by atoms with E-state index in [1.54, 1.807) is 0 Å². The summed E-state index contributed by atoms with van der Waals surface area (Å²) < 4.78 is 0. The van der Waals surface area contributed by atoms with Crippen molar-refractivity contribution >= 4 is 5.97 Å². The molecule has 2 nitrogen and oxygen atoms in total. The van der Waals surface area contributed by atoms with Crippen LogP contribution < -0.4 is 0 Å².